The molecule has 0 atom stereocenters. The molecule has 0 bridgehead atoms. The highest BCUT2D eigenvalue weighted by Crippen LogP contribution is 2.28. The fraction of sp³-hybridized carbons (Fsp3) is 0.500. The molecule has 0 radical (unpaired) electrons. The standard InChI is InChI=1S/C8H10F2N2/c1-3-8(9,10)7-5-11-6(2)4-12-7/h4-5H,3H2,1-2H3. The van der Waals surface area contributed by atoms with Crippen molar-refractivity contribution in [2.75, 3.05) is 0 Å². The van der Waals surface area contributed by atoms with Gasteiger partial charge in [-0.2, -0.15) is 8.78 Å². The summed E-state index contributed by atoms with van der Waals surface area (Å²) in [7, 11) is 0. The van der Waals surface area contributed by atoms with Crippen molar-refractivity contribution in [1.82, 2.24) is 9.97 Å². The molecule has 0 aliphatic rings. The first-order valence-corrected chi connectivity index (χ1v) is 3.73. The number of alkyl halides is 2. The van der Waals surface area contributed by atoms with Gasteiger partial charge in [-0.25, -0.2) is 0 Å². The summed E-state index contributed by atoms with van der Waals surface area (Å²) in [4.78, 5) is 7.36. The van der Waals surface area contributed by atoms with Crippen LogP contribution >= 0.6 is 0 Å². The molecule has 0 aliphatic carbocycles. The molecular weight excluding hydrogens is 162 g/mol. The summed E-state index contributed by atoms with van der Waals surface area (Å²) in [5.74, 6) is -2.85. The predicted molar refractivity (Wildman–Crippen MR) is 41.0 cm³/mol. The van der Waals surface area contributed by atoms with Crippen molar-refractivity contribution in [2.45, 2.75) is 26.2 Å². The fourth-order valence-electron chi connectivity index (χ4n) is 0.763. The van der Waals surface area contributed by atoms with Gasteiger partial charge >= 0.3 is 0 Å². The number of hydrogen-bond acceptors (Lipinski definition) is 2. The molecule has 1 aromatic heterocycles. The maximum absolute atomic E-state index is 12.9. The van der Waals surface area contributed by atoms with E-state index in [4.69, 9.17) is 0 Å². The molecule has 66 valence electrons. The number of nitrogens with zero attached hydrogens (tertiary/aromatic N) is 2. The second-order valence-corrected chi connectivity index (χ2v) is 2.60. The Morgan fingerprint density at radius 1 is 1.33 bits per heavy atom. The van der Waals surface area contributed by atoms with Gasteiger partial charge in [0.2, 0.25) is 0 Å². The molecule has 2 nitrogen and oxygen atoms in total. The van der Waals surface area contributed by atoms with Gasteiger partial charge in [0.05, 0.1) is 11.9 Å². The minimum absolute atomic E-state index is 0.245. The summed E-state index contributed by atoms with van der Waals surface area (Å²) in [6.45, 7) is 3.13. The maximum Gasteiger partial charge on any atom is 0.290 e. The highest BCUT2D eigenvalue weighted by Gasteiger charge is 2.30. The van der Waals surface area contributed by atoms with Crippen molar-refractivity contribution in [3.05, 3.63) is 23.8 Å². The summed E-state index contributed by atoms with van der Waals surface area (Å²) >= 11 is 0. The lowest BCUT2D eigenvalue weighted by molar-refractivity contribution is -0.0132. The lowest BCUT2D eigenvalue weighted by Crippen LogP contribution is -2.14. The highest BCUT2D eigenvalue weighted by molar-refractivity contribution is 5.06. The largest absolute Gasteiger partial charge is 0.290 e. The third kappa shape index (κ3) is 1.75. The fourth-order valence-corrected chi connectivity index (χ4v) is 0.763. The third-order valence-corrected chi connectivity index (χ3v) is 1.60. The van der Waals surface area contributed by atoms with E-state index in [0.717, 1.165) is 6.20 Å². The Morgan fingerprint density at radius 2 is 2.00 bits per heavy atom. The van der Waals surface area contributed by atoms with Gasteiger partial charge in [0.15, 0.2) is 0 Å². The minimum atomic E-state index is -2.85. The molecule has 1 aromatic rings. The summed E-state index contributed by atoms with van der Waals surface area (Å²) in [5.41, 5.74) is 0.390. The second kappa shape index (κ2) is 3.13. The Morgan fingerprint density at radius 3 is 2.42 bits per heavy atom. The Hall–Kier alpha value is -1.06. The SMILES string of the molecule is CCC(F)(F)c1cnc(C)cn1. The van der Waals surface area contributed by atoms with E-state index >= 15 is 0 Å². The minimum Gasteiger partial charge on any atom is -0.258 e. The Labute approximate surface area is 69.7 Å². The van der Waals surface area contributed by atoms with Crippen LogP contribution in [0.1, 0.15) is 24.7 Å². The number of rotatable bonds is 2. The predicted octanol–water partition coefficient (Wildman–Crippen LogP) is 2.29. The van der Waals surface area contributed by atoms with Crippen LogP contribution in [-0.2, 0) is 5.92 Å². The molecule has 0 unspecified atom stereocenters. The molecular formula is C8H10F2N2. The zero-order chi connectivity index (χ0) is 9.19. The summed E-state index contributed by atoms with van der Waals surface area (Å²) in [6, 6.07) is 0. The summed E-state index contributed by atoms with van der Waals surface area (Å²) < 4.78 is 25.8. The van der Waals surface area contributed by atoms with Crippen molar-refractivity contribution in [2.24, 2.45) is 0 Å². The van der Waals surface area contributed by atoms with Crippen LogP contribution in [0.4, 0.5) is 8.78 Å². The van der Waals surface area contributed by atoms with Gasteiger partial charge in [-0.3, -0.25) is 9.97 Å². The zero-order valence-corrected chi connectivity index (χ0v) is 7.01. The van der Waals surface area contributed by atoms with Crippen molar-refractivity contribution >= 4 is 0 Å². The summed E-state index contributed by atoms with van der Waals surface area (Å²) in [6.07, 6.45) is 2.22. The van der Waals surface area contributed by atoms with Gasteiger partial charge in [0, 0.05) is 12.6 Å². The topological polar surface area (TPSA) is 25.8 Å². The number of aromatic nitrogens is 2. The van der Waals surface area contributed by atoms with E-state index < -0.39 is 5.92 Å². The molecule has 0 fully saturated rings. The van der Waals surface area contributed by atoms with Gasteiger partial charge < -0.3 is 0 Å². The number of hydrogen-bond donors (Lipinski definition) is 0. The monoisotopic (exact) mass is 172 g/mol. The first-order chi connectivity index (χ1) is 5.56. The van der Waals surface area contributed by atoms with E-state index in [0.29, 0.717) is 5.69 Å². The van der Waals surface area contributed by atoms with E-state index in [1.165, 1.54) is 13.1 Å². The van der Waals surface area contributed by atoms with E-state index in [2.05, 4.69) is 9.97 Å². The Balaban J connectivity index is 2.96. The van der Waals surface area contributed by atoms with Crippen LogP contribution in [0.5, 0.6) is 0 Å². The molecule has 0 saturated carbocycles. The van der Waals surface area contributed by atoms with Gasteiger partial charge in [-0.05, 0) is 6.92 Å². The van der Waals surface area contributed by atoms with Crippen molar-refractivity contribution in [3.8, 4) is 0 Å². The molecule has 0 aromatic carbocycles. The number of halogens is 2. The molecule has 4 heteroatoms. The van der Waals surface area contributed by atoms with E-state index in [9.17, 15) is 8.78 Å². The van der Waals surface area contributed by atoms with Gasteiger partial charge in [0.1, 0.15) is 5.69 Å². The van der Waals surface area contributed by atoms with Crippen molar-refractivity contribution in [1.29, 1.82) is 0 Å². The quantitative estimate of drug-likeness (QED) is 0.684. The van der Waals surface area contributed by atoms with Crippen molar-refractivity contribution in [3.63, 3.8) is 0 Å². The molecule has 1 rings (SSSR count). The Kier molecular flexibility index (Phi) is 2.35. The van der Waals surface area contributed by atoms with E-state index in [1.54, 1.807) is 6.92 Å². The number of aryl methyl sites for hydroxylation is 1. The molecule has 1 heterocycles. The van der Waals surface area contributed by atoms with Gasteiger partial charge in [0.25, 0.3) is 5.92 Å². The van der Waals surface area contributed by atoms with Gasteiger partial charge in [-0.15, -0.1) is 0 Å². The van der Waals surface area contributed by atoms with E-state index in [1.807, 2.05) is 0 Å². The van der Waals surface area contributed by atoms with Crippen LogP contribution in [0, 0.1) is 6.92 Å². The molecule has 0 N–H and O–H groups in total. The molecule has 0 aliphatic heterocycles. The molecule has 0 amide bonds. The van der Waals surface area contributed by atoms with Gasteiger partial charge in [-0.1, -0.05) is 6.92 Å². The normalized spacial score (nSPS) is 11.7. The average Bonchev–Trinajstić information content (AvgIpc) is 2.05. The zero-order valence-electron chi connectivity index (χ0n) is 7.01. The van der Waals surface area contributed by atoms with Crippen LogP contribution in [0.2, 0.25) is 0 Å². The van der Waals surface area contributed by atoms with Crippen LogP contribution in [0.15, 0.2) is 12.4 Å². The van der Waals surface area contributed by atoms with Crippen molar-refractivity contribution < 1.29 is 8.78 Å². The van der Waals surface area contributed by atoms with Crippen LogP contribution < -0.4 is 0 Å². The molecule has 0 saturated heterocycles. The molecule has 12 heavy (non-hydrogen) atoms. The first kappa shape index (κ1) is 9.03. The maximum atomic E-state index is 12.9. The van der Waals surface area contributed by atoms with Crippen LogP contribution in [-0.4, -0.2) is 9.97 Å². The van der Waals surface area contributed by atoms with Crippen LogP contribution in [0.25, 0.3) is 0 Å². The third-order valence-electron chi connectivity index (χ3n) is 1.60. The highest BCUT2D eigenvalue weighted by atomic mass is 19.3. The smallest absolute Gasteiger partial charge is 0.258 e. The average molecular weight is 172 g/mol. The summed E-state index contributed by atoms with van der Waals surface area (Å²) in [5, 5.41) is 0. The first-order valence-electron chi connectivity index (χ1n) is 3.73. The second-order valence-electron chi connectivity index (χ2n) is 2.60. The van der Waals surface area contributed by atoms with Crippen LogP contribution in [0.3, 0.4) is 0 Å². The lowest BCUT2D eigenvalue weighted by atomic mass is 10.2. The molecule has 0 spiro atoms. The Bertz CT molecular complexity index is 256. The lowest BCUT2D eigenvalue weighted by Gasteiger charge is -2.11. The van der Waals surface area contributed by atoms with E-state index in [-0.39, 0.29) is 12.1 Å².